The molecule has 29 heavy (non-hydrogen) atoms. The van der Waals surface area contributed by atoms with Crippen molar-refractivity contribution in [3.05, 3.63) is 65.2 Å². The summed E-state index contributed by atoms with van der Waals surface area (Å²) in [5.41, 5.74) is 3.06. The molecule has 0 aromatic heterocycles. The first-order chi connectivity index (χ1) is 13.6. The van der Waals surface area contributed by atoms with Gasteiger partial charge in [-0.3, -0.25) is 4.79 Å². The highest BCUT2D eigenvalue weighted by atomic mass is 32.2. The maximum Gasteiger partial charge on any atom is 0.241 e. The van der Waals surface area contributed by atoms with Crippen molar-refractivity contribution in [1.29, 1.82) is 0 Å². The molecule has 0 heterocycles. The number of hydrogen-bond acceptors (Lipinski definition) is 4. The molecule has 2 aromatic carbocycles. The van der Waals surface area contributed by atoms with Gasteiger partial charge in [0.15, 0.2) is 5.96 Å². The summed E-state index contributed by atoms with van der Waals surface area (Å²) in [6.07, 6.45) is 0. The predicted octanol–water partition coefficient (Wildman–Crippen LogP) is 0.966. The van der Waals surface area contributed by atoms with Crippen LogP contribution in [0, 0.1) is 6.92 Å². The van der Waals surface area contributed by atoms with E-state index in [1.165, 1.54) is 17.0 Å². The lowest BCUT2D eigenvalue weighted by Gasteiger charge is -2.15. The van der Waals surface area contributed by atoms with Gasteiger partial charge in [0.2, 0.25) is 15.9 Å². The summed E-state index contributed by atoms with van der Waals surface area (Å²) in [5, 5.41) is 11.3. The Labute approximate surface area is 171 Å². The van der Waals surface area contributed by atoms with Crippen molar-refractivity contribution in [2.75, 3.05) is 20.6 Å². The monoisotopic (exact) mass is 417 g/mol. The molecule has 9 heteroatoms. The molecule has 0 aliphatic heterocycles. The second kappa shape index (κ2) is 10.0. The molecule has 0 saturated carbocycles. The van der Waals surface area contributed by atoms with Gasteiger partial charge in [0.05, 0.1) is 18.0 Å². The standard InChI is InChI=1S/C20H27N5O3S/c1-15-5-4-6-17(11-15)13-23-20(24-14-19(26)25(2)3)22-12-16-7-9-18(10-8-16)29(21,27)28/h4-11H,12-14H2,1-3H3,(H2,21,27,28)(H2,22,23,24). The van der Waals surface area contributed by atoms with Gasteiger partial charge in [0, 0.05) is 20.6 Å². The minimum absolute atomic E-state index is 0.0595. The van der Waals surface area contributed by atoms with E-state index in [2.05, 4.69) is 21.7 Å². The van der Waals surface area contributed by atoms with E-state index in [9.17, 15) is 13.2 Å². The van der Waals surface area contributed by atoms with Crippen LogP contribution in [0.2, 0.25) is 0 Å². The number of carbonyl (C=O) groups excluding carboxylic acids is 1. The Morgan fingerprint density at radius 1 is 1.07 bits per heavy atom. The molecular weight excluding hydrogens is 390 g/mol. The van der Waals surface area contributed by atoms with Gasteiger partial charge in [-0.15, -0.1) is 0 Å². The maximum atomic E-state index is 11.9. The van der Waals surface area contributed by atoms with Crippen LogP contribution in [0.5, 0.6) is 0 Å². The van der Waals surface area contributed by atoms with E-state index in [-0.39, 0.29) is 17.3 Å². The molecule has 0 atom stereocenters. The molecule has 0 spiro atoms. The topological polar surface area (TPSA) is 117 Å². The quantitative estimate of drug-likeness (QED) is 0.458. The van der Waals surface area contributed by atoms with Crippen LogP contribution in [0.4, 0.5) is 0 Å². The maximum absolute atomic E-state index is 11.9. The average molecular weight is 418 g/mol. The largest absolute Gasteiger partial charge is 0.352 e. The van der Waals surface area contributed by atoms with E-state index in [0.717, 1.165) is 16.7 Å². The third-order valence-corrected chi connectivity index (χ3v) is 5.05. The zero-order chi connectivity index (χ0) is 21.4. The Bertz CT molecular complexity index is 970. The van der Waals surface area contributed by atoms with Crippen LogP contribution < -0.4 is 15.8 Å². The molecule has 0 saturated heterocycles. The molecule has 4 N–H and O–H groups in total. The number of guanidine groups is 1. The predicted molar refractivity (Wildman–Crippen MR) is 114 cm³/mol. The first-order valence-corrected chi connectivity index (χ1v) is 10.6. The first kappa shape index (κ1) is 22.4. The van der Waals surface area contributed by atoms with Crippen molar-refractivity contribution < 1.29 is 13.2 Å². The number of nitrogens with one attached hydrogen (secondary N) is 2. The zero-order valence-electron chi connectivity index (χ0n) is 16.8. The van der Waals surface area contributed by atoms with E-state index in [1.54, 1.807) is 26.2 Å². The number of benzene rings is 2. The van der Waals surface area contributed by atoms with Gasteiger partial charge in [0.25, 0.3) is 0 Å². The molecule has 2 rings (SSSR count). The van der Waals surface area contributed by atoms with Crippen LogP contribution in [-0.2, 0) is 27.9 Å². The second-order valence-electron chi connectivity index (χ2n) is 6.84. The number of amides is 1. The Hall–Kier alpha value is -2.91. The summed E-state index contributed by atoms with van der Waals surface area (Å²) in [5.74, 6) is 0.407. The van der Waals surface area contributed by atoms with Gasteiger partial charge in [-0.05, 0) is 30.2 Å². The number of likely N-dealkylation sites (N-methyl/N-ethyl adjacent to an activating group) is 1. The number of carbonyl (C=O) groups is 1. The van der Waals surface area contributed by atoms with Crippen molar-refractivity contribution >= 4 is 21.9 Å². The number of nitrogens with two attached hydrogens (primary N) is 1. The van der Waals surface area contributed by atoms with E-state index < -0.39 is 10.0 Å². The fourth-order valence-electron chi connectivity index (χ4n) is 2.46. The fraction of sp³-hybridized carbons (Fsp3) is 0.300. The van der Waals surface area contributed by atoms with Crippen LogP contribution in [0.3, 0.4) is 0 Å². The Balaban J connectivity index is 2.07. The van der Waals surface area contributed by atoms with Crippen LogP contribution >= 0.6 is 0 Å². The van der Waals surface area contributed by atoms with Crippen molar-refractivity contribution in [2.24, 2.45) is 10.1 Å². The van der Waals surface area contributed by atoms with Gasteiger partial charge in [0.1, 0.15) is 0 Å². The summed E-state index contributed by atoms with van der Waals surface area (Å²) in [4.78, 5) is 18.0. The molecule has 1 amide bonds. The van der Waals surface area contributed by atoms with Crippen molar-refractivity contribution in [1.82, 2.24) is 15.5 Å². The number of primary sulfonamides is 1. The molecule has 0 aliphatic rings. The second-order valence-corrected chi connectivity index (χ2v) is 8.40. The van der Waals surface area contributed by atoms with Crippen LogP contribution in [0.25, 0.3) is 0 Å². The van der Waals surface area contributed by atoms with Crippen molar-refractivity contribution in [3.63, 3.8) is 0 Å². The third-order valence-electron chi connectivity index (χ3n) is 4.12. The molecule has 0 radical (unpaired) electrons. The molecular formula is C20H27N5O3S. The van der Waals surface area contributed by atoms with E-state index in [0.29, 0.717) is 19.0 Å². The highest BCUT2D eigenvalue weighted by Gasteiger charge is 2.08. The Morgan fingerprint density at radius 2 is 1.76 bits per heavy atom. The minimum Gasteiger partial charge on any atom is -0.352 e. The van der Waals surface area contributed by atoms with E-state index in [1.807, 2.05) is 25.1 Å². The van der Waals surface area contributed by atoms with E-state index in [4.69, 9.17) is 5.14 Å². The number of hydrogen-bond donors (Lipinski definition) is 3. The summed E-state index contributed by atoms with van der Waals surface area (Å²) in [6.45, 7) is 2.99. The summed E-state index contributed by atoms with van der Waals surface area (Å²) in [7, 11) is -0.342. The SMILES string of the molecule is Cc1cccc(CN=C(NCC(=O)N(C)C)NCc2ccc(S(N)(=O)=O)cc2)c1. The summed E-state index contributed by atoms with van der Waals surface area (Å²) < 4.78 is 22.7. The number of rotatable bonds is 7. The first-order valence-electron chi connectivity index (χ1n) is 9.05. The molecule has 2 aromatic rings. The average Bonchev–Trinajstić information content (AvgIpc) is 2.66. The van der Waals surface area contributed by atoms with Gasteiger partial charge in [-0.25, -0.2) is 18.5 Å². The van der Waals surface area contributed by atoms with Crippen LogP contribution in [0.1, 0.15) is 16.7 Å². The summed E-state index contributed by atoms with van der Waals surface area (Å²) in [6, 6.07) is 14.3. The highest BCUT2D eigenvalue weighted by molar-refractivity contribution is 7.89. The van der Waals surface area contributed by atoms with Crippen molar-refractivity contribution in [3.8, 4) is 0 Å². The lowest BCUT2D eigenvalue weighted by atomic mass is 10.1. The number of nitrogens with zero attached hydrogens (tertiary/aromatic N) is 2. The Kier molecular flexibility index (Phi) is 7.74. The third kappa shape index (κ3) is 7.55. The lowest BCUT2D eigenvalue weighted by Crippen LogP contribution is -2.42. The van der Waals surface area contributed by atoms with Gasteiger partial charge in [-0.2, -0.15) is 0 Å². The molecule has 8 nitrogen and oxygen atoms in total. The van der Waals surface area contributed by atoms with Crippen LogP contribution in [-0.4, -0.2) is 45.8 Å². The number of sulfonamides is 1. The van der Waals surface area contributed by atoms with Gasteiger partial charge < -0.3 is 15.5 Å². The lowest BCUT2D eigenvalue weighted by molar-refractivity contribution is -0.127. The number of aliphatic imine (C=N–C) groups is 1. The normalized spacial score (nSPS) is 11.8. The smallest absolute Gasteiger partial charge is 0.241 e. The molecule has 0 unspecified atom stereocenters. The molecule has 156 valence electrons. The molecule has 0 fully saturated rings. The molecule has 0 aliphatic carbocycles. The fourth-order valence-corrected chi connectivity index (χ4v) is 2.97. The zero-order valence-corrected chi connectivity index (χ0v) is 17.7. The minimum atomic E-state index is -3.72. The van der Waals surface area contributed by atoms with E-state index >= 15 is 0 Å². The van der Waals surface area contributed by atoms with Gasteiger partial charge in [-0.1, -0.05) is 42.0 Å². The van der Waals surface area contributed by atoms with Gasteiger partial charge >= 0.3 is 0 Å². The molecule has 0 bridgehead atoms. The number of aryl methyl sites for hydroxylation is 1. The summed E-state index contributed by atoms with van der Waals surface area (Å²) >= 11 is 0. The Morgan fingerprint density at radius 3 is 2.34 bits per heavy atom. The van der Waals surface area contributed by atoms with Crippen molar-refractivity contribution in [2.45, 2.75) is 24.9 Å². The highest BCUT2D eigenvalue weighted by Crippen LogP contribution is 2.09. The van der Waals surface area contributed by atoms with Crippen LogP contribution in [0.15, 0.2) is 58.4 Å².